The van der Waals surface area contributed by atoms with Gasteiger partial charge in [0.15, 0.2) is 0 Å². The smallest absolute Gasteiger partial charge is 0.251 e. The molecule has 0 aromatic heterocycles. The molecule has 1 aromatic carbocycles. The molecule has 0 bridgehead atoms. The van der Waals surface area contributed by atoms with Crippen LogP contribution in [0.4, 0.5) is 0 Å². The zero-order valence-electron chi connectivity index (χ0n) is 9.46. The number of aliphatic hydroxyl groups is 1. The minimum absolute atomic E-state index is 0.0468. The predicted octanol–water partition coefficient (Wildman–Crippen LogP) is 2.15. The quantitative estimate of drug-likeness (QED) is 0.849. The van der Waals surface area contributed by atoms with Gasteiger partial charge in [-0.2, -0.15) is 0 Å². The van der Waals surface area contributed by atoms with Crippen molar-refractivity contribution in [3.05, 3.63) is 34.3 Å². The van der Waals surface area contributed by atoms with Gasteiger partial charge in [-0.1, -0.05) is 18.5 Å². The molecule has 0 saturated carbocycles. The van der Waals surface area contributed by atoms with Crippen molar-refractivity contribution in [3.8, 4) is 0 Å². The van der Waals surface area contributed by atoms with E-state index in [0.29, 0.717) is 17.0 Å². The lowest BCUT2D eigenvalue weighted by molar-refractivity contribution is 0.0915. The van der Waals surface area contributed by atoms with E-state index in [-0.39, 0.29) is 18.6 Å². The molecule has 1 aromatic rings. The van der Waals surface area contributed by atoms with Crippen LogP contribution in [0.1, 0.15) is 29.3 Å². The molecule has 0 heterocycles. The number of hydrogen-bond acceptors (Lipinski definition) is 2. The molecule has 0 aliphatic heterocycles. The third kappa shape index (κ3) is 3.22. The normalized spacial score (nSPS) is 12.2. The summed E-state index contributed by atoms with van der Waals surface area (Å²) in [6.45, 7) is 3.71. The van der Waals surface area contributed by atoms with Crippen LogP contribution in [0.5, 0.6) is 0 Å². The fourth-order valence-electron chi connectivity index (χ4n) is 1.33. The van der Waals surface area contributed by atoms with Gasteiger partial charge in [-0.15, -0.1) is 0 Å². The van der Waals surface area contributed by atoms with E-state index in [0.717, 1.165) is 5.56 Å². The highest BCUT2D eigenvalue weighted by molar-refractivity contribution is 6.31. The number of nitrogens with one attached hydrogen (secondary N) is 1. The molecule has 16 heavy (non-hydrogen) atoms. The van der Waals surface area contributed by atoms with Gasteiger partial charge in [0, 0.05) is 10.6 Å². The standard InChI is InChI=1S/C12H16ClNO2/c1-3-10(7-15)14-12(16)9-4-5-11(13)8(2)6-9/h4-6,10,15H,3,7H2,1-2H3,(H,14,16)/t10-/m0/s1. The van der Waals surface area contributed by atoms with Crippen LogP contribution in [0.25, 0.3) is 0 Å². The van der Waals surface area contributed by atoms with E-state index in [2.05, 4.69) is 5.32 Å². The van der Waals surface area contributed by atoms with Gasteiger partial charge in [0.25, 0.3) is 5.91 Å². The fourth-order valence-corrected chi connectivity index (χ4v) is 1.45. The number of aliphatic hydroxyl groups excluding tert-OH is 1. The Kier molecular flexibility index (Phi) is 4.77. The Morgan fingerprint density at radius 3 is 2.75 bits per heavy atom. The average molecular weight is 242 g/mol. The summed E-state index contributed by atoms with van der Waals surface area (Å²) in [6.07, 6.45) is 0.703. The molecule has 1 atom stereocenters. The van der Waals surface area contributed by atoms with E-state index in [1.807, 2.05) is 13.8 Å². The summed E-state index contributed by atoms with van der Waals surface area (Å²) in [4.78, 5) is 11.8. The van der Waals surface area contributed by atoms with Crippen molar-refractivity contribution in [2.24, 2.45) is 0 Å². The third-order valence-electron chi connectivity index (χ3n) is 2.47. The van der Waals surface area contributed by atoms with Gasteiger partial charge >= 0.3 is 0 Å². The average Bonchev–Trinajstić information content (AvgIpc) is 2.29. The number of amides is 1. The lowest BCUT2D eigenvalue weighted by atomic mass is 10.1. The molecule has 0 radical (unpaired) electrons. The molecule has 88 valence electrons. The van der Waals surface area contributed by atoms with E-state index < -0.39 is 0 Å². The van der Waals surface area contributed by atoms with Crippen LogP contribution >= 0.6 is 11.6 Å². The van der Waals surface area contributed by atoms with E-state index in [9.17, 15) is 4.79 Å². The zero-order valence-corrected chi connectivity index (χ0v) is 10.2. The van der Waals surface area contributed by atoms with Gasteiger partial charge in [-0.05, 0) is 37.1 Å². The summed E-state index contributed by atoms with van der Waals surface area (Å²) >= 11 is 5.87. The monoisotopic (exact) mass is 241 g/mol. The van der Waals surface area contributed by atoms with Crippen molar-refractivity contribution in [1.29, 1.82) is 0 Å². The number of hydrogen-bond donors (Lipinski definition) is 2. The largest absolute Gasteiger partial charge is 0.394 e. The number of rotatable bonds is 4. The number of halogens is 1. The molecule has 0 spiro atoms. The van der Waals surface area contributed by atoms with Crippen molar-refractivity contribution >= 4 is 17.5 Å². The highest BCUT2D eigenvalue weighted by Crippen LogP contribution is 2.16. The highest BCUT2D eigenvalue weighted by Gasteiger charge is 2.11. The summed E-state index contributed by atoms with van der Waals surface area (Å²) in [5, 5.41) is 12.4. The topological polar surface area (TPSA) is 49.3 Å². The maximum atomic E-state index is 11.8. The van der Waals surface area contributed by atoms with E-state index in [1.165, 1.54) is 0 Å². The summed E-state index contributed by atoms with van der Waals surface area (Å²) in [5.41, 5.74) is 1.43. The van der Waals surface area contributed by atoms with Crippen LogP contribution in [0, 0.1) is 6.92 Å². The molecular weight excluding hydrogens is 226 g/mol. The Hall–Kier alpha value is -1.06. The van der Waals surface area contributed by atoms with Crippen LogP contribution in [0.3, 0.4) is 0 Å². The van der Waals surface area contributed by atoms with Crippen LogP contribution in [-0.2, 0) is 0 Å². The summed E-state index contributed by atoms with van der Waals surface area (Å²) in [6, 6.07) is 4.92. The van der Waals surface area contributed by atoms with Crippen LogP contribution in [0.2, 0.25) is 5.02 Å². The van der Waals surface area contributed by atoms with Gasteiger partial charge < -0.3 is 10.4 Å². The Labute approximate surface area is 100 Å². The summed E-state index contributed by atoms with van der Waals surface area (Å²) < 4.78 is 0. The molecule has 2 N–H and O–H groups in total. The van der Waals surface area contributed by atoms with Crippen molar-refractivity contribution in [1.82, 2.24) is 5.32 Å². The lowest BCUT2D eigenvalue weighted by Gasteiger charge is -2.14. The van der Waals surface area contributed by atoms with Gasteiger partial charge in [0.05, 0.1) is 12.6 Å². The molecule has 3 nitrogen and oxygen atoms in total. The first kappa shape index (κ1) is 13.0. The first-order valence-electron chi connectivity index (χ1n) is 5.26. The molecule has 0 aliphatic carbocycles. The van der Waals surface area contributed by atoms with Gasteiger partial charge in [-0.25, -0.2) is 0 Å². The number of carbonyl (C=O) groups is 1. The minimum Gasteiger partial charge on any atom is -0.394 e. The molecule has 0 fully saturated rings. The third-order valence-corrected chi connectivity index (χ3v) is 2.89. The number of carbonyl (C=O) groups excluding carboxylic acids is 1. The van der Waals surface area contributed by atoms with Gasteiger partial charge in [-0.3, -0.25) is 4.79 Å². The molecule has 0 unspecified atom stereocenters. The van der Waals surface area contributed by atoms with Crippen molar-refractivity contribution in [2.45, 2.75) is 26.3 Å². The minimum atomic E-state index is -0.191. The first-order valence-corrected chi connectivity index (χ1v) is 5.64. The lowest BCUT2D eigenvalue weighted by Crippen LogP contribution is -2.36. The van der Waals surface area contributed by atoms with Crippen molar-refractivity contribution in [2.75, 3.05) is 6.61 Å². The van der Waals surface area contributed by atoms with E-state index in [4.69, 9.17) is 16.7 Å². The van der Waals surface area contributed by atoms with E-state index >= 15 is 0 Å². The Bertz CT molecular complexity index is 375. The Balaban J connectivity index is 2.76. The second kappa shape index (κ2) is 5.87. The molecule has 0 saturated heterocycles. The van der Waals surface area contributed by atoms with Crippen LogP contribution in [0.15, 0.2) is 18.2 Å². The second-order valence-electron chi connectivity index (χ2n) is 3.73. The van der Waals surface area contributed by atoms with Crippen molar-refractivity contribution in [3.63, 3.8) is 0 Å². The molecule has 1 amide bonds. The zero-order chi connectivity index (χ0) is 12.1. The van der Waals surface area contributed by atoms with Crippen LogP contribution < -0.4 is 5.32 Å². The second-order valence-corrected chi connectivity index (χ2v) is 4.13. The van der Waals surface area contributed by atoms with Crippen molar-refractivity contribution < 1.29 is 9.90 Å². The molecular formula is C12H16ClNO2. The maximum Gasteiger partial charge on any atom is 0.251 e. The molecule has 4 heteroatoms. The summed E-state index contributed by atoms with van der Waals surface area (Å²) in [7, 11) is 0. The number of benzene rings is 1. The molecule has 0 aliphatic rings. The summed E-state index contributed by atoms with van der Waals surface area (Å²) in [5.74, 6) is -0.180. The first-order chi connectivity index (χ1) is 7.58. The van der Waals surface area contributed by atoms with Gasteiger partial charge in [0.1, 0.15) is 0 Å². The number of aryl methyl sites for hydroxylation is 1. The predicted molar refractivity (Wildman–Crippen MR) is 64.8 cm³/mol. The van der Waals surface area contributed by atoms with E-state index in [1.54, 1.807) is 18.2 Å². The van der Waals surface area contributed by atoms with Crippen LogP contribution in [-0.4, -0.2) is 23.7 Å². The SMILES string of the molecule is CC[C@@H](CO)NC(=O)c1ccc(Cl)c(C)c1. The maximum absolute atomic E-state index is 11.8. The Morgan fingerprint density at radius 2 is 2.25 bits per heavy atom. The Morgan fingerprint density at radius 1 is 1.56 bits per heavy atom. The molecule has 1 rings (SSSR count). The fraction of sp³-hybridized carbons (Fsp3) is 0.417. The van der Waals surface area contributed by atoms with Gasteiger partial charge in [0.2, 0.25) is 0 Å². The highest BCUT2D eigenvalue weighted by atomic mass is 35.5.